The van der Waals surface area contributed by atoms with Gasteiger partial charge in [-0.2, -0.15) is 0 Å². The molecule has 1 N–H and O–H groups in total. The van der Waals surface area contributed by atoms with Gasteiger partial charge >= 0.3 is 0 Å². The molecule has 0 spiro atoms. The minimum atomic E-state index is 0.730. The van der Waals surface area contributed by atoms with Crippen molar-refractivity contribution >= 4 is 37.7 Å². The third-order valence-electron chi connectivity index (χ3n) is 2.59. The van der Waals surface area contributed by atoms with E-state index in [9.17, 15) is 0 Å². The fraction of sp³-hybridized carbons (Fsp3) is 0.286. The average Bonchev–Trinajstić information content (AvgIpc) is 2.39. The van der Waals surface area contributed by atoms with E-state index in [1.807, 2.05) is 12.1 Å². The molecule has 0 unspecified atom stereocenters. The van der Waals surface area contributed by atoms with E-state index < -0.39 is 0 Å². The van der Waals surface area contributed by atoms with E-state index in [1.54, 1.807) is 6.20 Å². The van der Waals surface area contributed by atoms with E-state index in [4.69, 9.17) is 0 Å². The quantitative estimate of drug-likeness (QED) is 0.829. The highest BCUT2D eigenvalue weighted by Crippen LogP contribution is 2.20. The number of halogens is 2. The van der Waals surface area contributed by atoms with E-state index >= 15 is 0 Å². The fourth-order valence-electron chi connectivity index (χ4n) is 1.69. The van der Waals surface area contributed by atoms with Crippen LogP contribution in [0.2, 0.25) is 0 Å². The van der Waals surface area contributed by atoms with Crippen LogP contribution in [0.5, 0.6) is 0 Å². The van der Waals surface area contributed by atoms with E-state index in [2.05, 4.69) is 66.2 Å². The van der Waals surface area contributed by atoms with Crippen LogP contribution in [0.3, 0.4) is 0 Å². The van der Waals surface area contributed by atoms with Gasteiger partial charge in [0.2, 0.25) is 0 Å². The lowest BCUT2D eigenvalue weighted by Crippen LogP contribution is -2.06. The molecule has 1 aromatic carbocycles. The average molecular weight is 385 g/mol. The normalized spacial score (nSPS) is 10.5. The van der Waals surface area contributed by atoms with Gasteiger partial charge in [0.05, 0.1) is 4.47 Å². The first-order chi connectivity index (χ1) is 9.19. The number of anilines is 1. The van der Waals surface area contributed by atoms with Crippen molar-refractivity contribution in [3.05, 3.63) is 50.8 Å². The SMILES string of the molecule is CCCNc1nc(Cc2cccc(Br)c2)ncc1Br. The van der Waals surface area contributed by atoms with Gasteiger partial charge in [-0.05, 0) is 40.0 Å². The van der Waals surface area contributed by atoms with E-state index in [0.717, 1.165) is 40.0 Å². The molecule has 0 aliphatic heterocycles. The maximum absolute atomic E-state index is 4.55. The Bertz CT molecular complexity index is 558. The van der Waals surface area contributed by atoms with Crippen LogP contribution in [0.4, 0.5) is 5.82 Å². The van der Waals surface area contributed by atoms with Crippen molar-refractivity contribution in [3.8, 4) is 0 Å². The highest BCUT2D eigenvalue weighted by atomic mass is 79.9. The van der Waals surface area contributed by atoms with E-state index in [1.165, 1.54) is 5.56 Å². The molecule has 1 heterocycles. The molecule has 1 aromatic heterocycles. The number of hydrogen-bond donors (Lipinski definition) is 1. The summed E-state index contributed by atoms with van der Waals surface area (Å²) in [5.41, 5.74) is 1.19. The maximum Gasteiger partial charge on any atom is 0.144 e. The van der Waals surface area contributed by atoms with Gasteiger partial charge in [0, 0.05) is 23.6 Å². The summed E-state index contributed by atoms with van der Waals surface area (Å²) in [5, 5.41) is 3.29. The Labute approximate surface area is 130 Å². The highest BCUT2D eigenvalue weighted by molar-refractivity contribution is 9.10. The molecule has 0 fully saturated rings. The van der Waals surface area contributed by atoms with Crippen molar-refractivity contribution in [2.24, 2.45) is 0 Å². The van der Waals surface area contributed by atoms with Crippen LogP contribution in [0, 0.1) is 0 Å². The molecule has 5 heteroatoms. The smallest absolute Gasteiger partial charge is 0.144 e. The molecule has 0 radical (unpaired) electrons. The molecule has 0 aliphatic rings. The Morgan fingerprint density at radius 3 is 2.84 bits per heavy atom. The summed E-state index contributed by atoms with van der Waals surface area (Å²) in [5.74, 6) is 1.68. The summed E-state index contributed by atoms with van der Waals surface area (Å²) < 4.78 is 1.98. The van der Waals surface area contributed by atoms with Crippen molar-refractivity contribution < 1.29 is 0 Å². The summed E-state index contributed by atoms with van der Waals surface area (Å²) in [6.07, 6.45) is 3.60. The number of hydrogen-bond acceptors (Lipinski definition) is 3. The van der Waals surface area contributed by atoms with Crippen molar-refractivity contribution in [2.45, 2.75) is 19.8 Å². The van der Waals surface area contributed by atoms with Crippen LogP contribution in [-0.4, -0.2) is 16.5 Å². The number of nitrogens with zero attached hydrogens (tertiary/aromatic N) is 2. The summed E-state index contributed by atoms with van der Waals surface area (Å²) in [7, 11) is 0. The lowest BCUT2D eigenvalue weighted by atomic mass is 10.1. The topological polar surface area (TPSA) is 37.8 Å². The minimum Gasteiger partial charge on any atom is -0.369 e. The Morgan fingerprint density at radius 2 is 2.11 bits per heavy atom. The first kappa shape index (κ1) is 14.5. The second kappa shape index (κ2) is 7.01. The third-order valence-corrected chi connectivity index (χ3v) is 3.66. The van der Waals surface area contributed by atoms with Gasteiger partial charge in [0.15, 0.2) is 0 Å². The van der Waals surface area contributed by atoms with E-state index in [-0.39, 0.29) is 0 Å². The zero-order valence-electron chi connectivity index (χ0n) is 10.7. The molecule has 0 saturated heterocycles. The number of aromatic nitrogens is 2. The van der Waals surface area contributed by atoms with Crippen LogP contribution >= 0.6 is 31.9 Å². The molecular weight excluding hydrogens is 370 g/mol. The third kappa shape index (κ3) is 4.28. The number of nitrogens with one attached hydrogen (secondary N) is 1. The summed E-state index contributed by atoms with van der Waals surface area (Å²) in [4.78, 5) is 8.91. The second-order valence-electron chi connectivity index (χ2n) is 4.22. The molecule has 3 nitrogen and oxygen atoms in total. The van der Waals surface area contributed by atoms with Gasteiger partial charge in [-0.3, -0.25) is 0 Å². The molecule has 0 saturated carbocycles. The predicted molar refractivity (Wildman–Crippen MR) is 85.5 cm³/mol. The lowest BCUT2D eigenvalue weighted by molar-refractivity contribution is 0.926. The van der Waals surface area contributed by atoms with Crippen LogP contribution in [0.1, 0.15) is 24.7 Å². The van der Waals surface area contributed by atoms with Crippen LogP contribution in [0.15, 0.2) is 39.4 Å². The van der Waals surface area contributed by atoms with Gasteiger partial charge in [-0.1, -0.05) is 35.0 Å². The maximum atomic E-state index is 4.55. The highest BCUT2D eigenvalue weighted by Gasteiger charge is 2.05. The van der Waals surface area contributed by atoms with Crippen molar-refractivity contribution in [3.63, 3.8) is 0 Å². The van der Waals surface area contributed by atoms with E-state index in [0.29, 0.717) is 0 Å². The molecule has 0 bridgehead atoms. The fourth-order valence-corrected chi connectivity index (χ4v) is 2.46. The van der Waals surface area contributed by atoms with Gasteiger partial charge in [0.25, 0.3) is 0 Å². The van der Waals surface area contributed by atoms with Crippen LogP contribution < -0.4 is 5.32 Å². The van der Waals surface area contributed by atoms with Gasteiger partial charge in [-0.15, -0.1) is 0 Å². The van der Waals surface area contributed by atoms with Crippen LogP contribution in [0.25, 0.3) is 0 Å². The van der Waals surface area contributed by atoms with Crippen molar-refractivity contribution in [2.75, 3.05) is 11.9 Å². The van der Waals surface area contributed by atoms with Gasteiger partial charge in [-0.25, -0.2) is 9.97 Å². The molecule has 0 atom stereocenters. The molecule has 0 amide bonds. The molecule has 2 aromatic rings. The zero-order chi connectivity index (χ0) is 13.7. The molecular formula is C14H15Br2N3. The molecule has 19 heavy (non-hydrogen) atoms. The van der Waals surface area contributed by atoms with Crippen molar-refractivity contribution in [1.82, 2.24) is 9.97 Å². The molecule has 100 valence electrons. The summed E-state index contributed by atoms with van der Waals surface area (Å²) in [6.45, 7) is 3.04. The van der Waals surface area contributed by atoms with Crippen molar-refractivity contribution in [1.29, 1.82) is 0 Å². The van der Waals surface area contributed by atoms with Crippen LogP contribution in [-0.2, 0) is 6.42 Å². The Hall–Kier alpha value is -0.940. The van der Waals surface area contributed by atoms with Gasteiger partial charge < -0.3 is 5.32 Å². The first-order valence-electron chi connectivity index (χ1n) is 6.18. The van der Waals surface area contributed by atoms with Gasteiger partial charge in [0.1, 0.15) is 11.6 Å². The second-order valence-corrected chi connectivity index (χ2v) is 5.99. The molecule has 0 aliphatic carbocycles. The largest absolute Gasteiger partial charge is 0.369 e. The minimum absolute atomic E-state index is 0.730. The standard InChI is InChI=1S/C14H15Br2N3/c1-2-6-17-14-12(16)9-18-13(19-14)8-10-4-3-5-11(15)7-10/h3-5,7,9H,2,6,8H2,1H3,(H,17,18,19). The number of benzene rings is 1. The first-order valence-corrected chi connectivity index (χ1v) is 7.77. The summed E-state index contributed by atoms with van der Waals surface area (Å²) in [6, 6.07) is 8.20. The predicted octanol–water partition coefficient (Wildman–Crippen LogP) is 4.41. The Balaban J connectivity index is 2.16. The Morgan fingerprint density at radius 1 is 1.26 bits per heavy atom. The number of rotatable bonds is 5. The Kier molecular flexibility index (Phi) is 5.34. The summed E-state index contributed by atoms with van der Waals surface area (Å²) >= 11 is 6.94. The molecule has 2 rings (SSSR count). The zero-order valence-corrected chi connectivity index (χ0v) is 13.8. The lowest BCUT2D eigenvalue weighted by Gasteiger charge is -2.08. The monoisotopic (exact) mass is 383 g/mol.